The lowest BCUT2D eigenvalue weighted by molar-refractivity contribution is -0.137. The van der Waals surface area contributed by atoms with Crippen molar-refractivity contribution in [1.82, 2.24) is 0 Å². The third-order valence-electron chi connectivity index (χ3n) is 2.47. The highest BCUT2D eigenvalue weighted by molar-refractivity contribution is 7.57. The van der Waals surface area contributed by atoms with Crippen molar-refractivity contribution in [3.8, 4) is 6.07 Å². The minimum Gasteiger partial charge on any atom is -0.321 e. The number of benzene rings is 1. The largest absolute Gasteiger partial charge is 0.416 e. The van der Waals surface area contributed by atoms with Crippen LogP contribution in [0.1, 0.15) is 37.8 Å². The van der Waals surface area contributed by atoms with Gasteiger partial charge in [0.2, 0.25) is 0 Å². The van der Waals surface area contributed by atoms with Crippen molar-refractivity contribution in [1.29, 1.82) is 5.26 Å². The third kappa shape index (κ3) is 7.41. The van der Waals surface area contributed by atoms with Gasteiger partial charge in [0.15, 0.2) is 0 Å². The van der Waals surface area contributed by atoms with Crippen LogP contribution in [0.15, 0.2) is 29.6 Å². The first-order chi connectivity index (χ1) is 10.1. The van der Waals surface area contributed by atoms with Crippen LogP contribution in [0.4, 0.5) is 13.2 Å². The summed E-state index contributed by atoms with van der Waals surface area (Å²) in [6.45, 7) is 4.36. The number of unbranched alkanes of at least 4 members (excludes halogenated alkanes) is 1. The molecule has 0 atom stereocenters. The van der Waals surface area contributed by atoms with Gasteiger partial charge in [-0.25, -0.2) is 0 Å². The number of rotatable bonds is 3. The lowest BCUT2D eigenvalue weighted by atomic mass is 10.1. The zero-order valence-electron chi connectivity index (χ0n) is 12.1. The monoisotopic (exact) mass is 335 g/mol. The Morgan fingerprint density at radius 2 is 1.68 bits per heavy atom. The van der Waals surface area contributed by atoms with E-state index in [9.17, 15) is 17.7 Å². The molecule has 0 fully saturated rings. The summed E-state index contributed by atoms with van der Waals surface area (Å²) in [6, 6.07) is 4.89. The SMILES string of the molecule is CCCC.N#C/C(=C/c1ccc(C(F)(F)F)cc1)P(=O)(O)O. The Bertz CT molecular complexity index is 581. The molecule has 1 aromatic carbocycles. The number of halogens is 3. The average Bonchev–Trinajstić information content (AvgIpc) is 2.43. The number of nitriles is 1. The normalized spacial score (nSPS) is 12.2. The molecule has 0 aromatic heterocycles. The molecule has 0 spiro atoms. The first-order valence-electron chi connectivity index (χ1n) is 6.41. The highest BCUT2D eigenvalue weighted by atomic mass is 31.2. The second-order valence-corrected chi connectivity index (χ2v) is 5.88. The Kier molecular flexibility index (Phi) is 8.10. The summed E-state index contributed by atoms with van der Waals surface area (Å²) in [4.78, 5) is 17.5. The van der Waals surface area contributed by atoms with Gasteiger partial charge in [0.1, 0.15) is 11.4 Å². The molecule has 0 bridgehead atoms. The van der Waals surface area contributed by atoms with Crippen molar-refractivity contribution in [3.05, 3.63) is 40.7 Å². The molecule has 0 aliphatic carbocycles. The van der Waals surface area contributed by atoms with Crippen LogP contribution in [0.3, 0.4) is 0 Å². The lowest BCUT2D eigenvalue weighted by Gasteiger charge is -2.06. The first kappa shape index (κ1) is 20.4. The molecule has 22 heavy (non-hydrogen) atoms. The van der Waals surface area contributed by atoms with Crippen LogP contribution < -0.4 is 0 Å². The number of allylic oxidation sites excluding steroid dienone is 1. The quantitative estimate of drug-likeness (QED) is 0.627. The summed E-state index contributed by atoms with van der Waals surface area (Å²) in [5, 5.41) is 7.71. The molecule has 2 N–H and O–H groups in total. The second-order valence-electron chi connectivity index (χ2n) is 4.31. The molecule has 0 saturated heterocycles. The van der Waals surface area contributed by atoms with Gasteiger partial charge < -0.3 is 9.79 Å². The molecule has 0 unspecified atom stereocenters. The summed E-state index contributed by atoms with van der Waals surface area (Å²) in [5.74, 6) is 0. The van der Waals surface area contributed by atoms with E-state index in [0.29, 0.717) is 0 Å². The van der Waals surface area contributed by atoms with Crippen LogP contribution in [0.5, 0.6) is 0 Å². The molecular formula is C14H17F3NO3P. The molecule has 8 heteroatoms. The molecule has 0 amide bonds. The van der Waals surface area contributed by atoms with Gasteiger partial charge in [0.05, 0.1) is 5.56 Å². The van der Waals surface area contributed by atoms with Gasteiger partial charge in [-0.1, -0.05) is 38.8 Å². The molecule has 0 radical (unpaired) electrons. The van der Waals surface area contributed by atoms with E-state index in [0.717, 1.165) is 30.3 Å². The predicted molar refractivity (Wildman–Crippen MR) is 77.7 cm³/mol. The maximum atomic E-state index is 12.2. The smallest absolute Gasteiger partial charge is 0.321 e. The number of hydrogen-bond donors (Lipinski definition) is 2. The van der Waals surface area contributed by atoms with Crippen LogP contribution in [-0.4, -0.2) is 9.79 Å². The highest BCUT2D eigenvalue weighted by Gasteiger charge is 2.30. The van der Waals surface area contributed by atoms with E-state index in [1.807, 2.05) is 0 Å². The van der Waals surface area contributed by atoms with Crippen molar-refractivity contribution in [2.24, 2.45) is 0 Å². The molecule has 0 heterocycles. The Labute approximate surface area is 127 Å². The zero-order valence-corrected chi connectivity index (χ0v) is 13.0. The fourth-order valence-electron chi connectivity index (χ4n) is 1.11. The summed E-state index contributed by atoms with van der Waals surface area (Å²) in [7, 11) is -4.71. The Balaban J connectivity index is 0.000000980. The zero-order chi connectivity index (χ0) is 17.4. The molecule has 1 aromatic rings. The van der Waals surface area contributed by atoms with E-state index in [2.05, 4.69) is 13.8 Å². The fourth-order valence-corrected chi connectivity index (χ4v) is 1.56. The molecule has 4 nitrogen and oxygen atoms in total. The molecular weight excluding hydrogens is 318 g/mol. The standard InChI is InChI=1S/C10H7F3NO3P.C4H10/c11-10(12,13)8-3-1-7(2-4-8)5-9(6-14)18(15,16)17;1-3-4-2/h1-5H,(H2,15,16,17);3-4H2,1-2H3/b9-5-;. The topological polar surface area (TPSA) is 81.3 Å². The van der Waals surface area contributed by atoms with Crippen molar-refractivity contribution >= 4 is 13.7 Å². The van der Waals surface area contributed by atoms with Crippen LogP contribution in [0.25, 0.3) is 6.08 Å². The fraction of sp³-hybridized carbons (Fsp3) is 0.357. The van der Waals surface area contributed by atoms with Gasteiger partial charge >= 0.3 is 13.8 Å². The first-order valence-corrected chi connectivity index (χ1v) is 8.02. The summed E-state index contributed by atoms with van der Waals surface area (Å²) < 4.78 is 47.6. The van der Waals surface area contributed by atoms with Crippen molar-refractivity contribution in [3.63, 3.8) is 0 Å². The molecule has 0 saturated carbocycles. The van der Waals surface area contributed by atoms with Crippen molar-refractivity contribution in [2.75, 3.05) is 0 Å². The van der Waals surface area contributed by atoms with Crippen LogP contribution >= 0.6 is 7.60 Å². The van der Waals surface area contributed by atoms with Crippen LogP contribution in [0, 0.1) is 11.3 Å². The highest BCUT2D eigenvalue weighted by Crippen LogP contribution is 2.45. The average molecular weight is 335 g/mol. The van der Waals surface area contributed by atoms with Crippen molar-refractivity contribution < 1.29 is 27.5 Å². The van der Waals surface area contributed by atoms with Gasteiger partial charge in [0, 0.05) is 0 Å². The second kappa shape index (κ2) is 8.74. The molecule has 0 aliphatic heterocycles. The van der Waals surface area contributed by atoms with E-state index in [1.165, 1.54) is 18.9 Å². The number of nitrogens with zero attached hydrogens (tertiary/aromatic N) is 1. The summed E-state index contributed by atoms with van der Waals surface area (Å²) in [5.41, 5.74) is -0.780. The Morgan fingerprint density at radius 3 is 1.95 bits per heavy atom. The minimum atomic E-state index is -4.71. The maximum absolute atomic E-state index is 12.2. The molecule has 0 aliphatic rings. The van der Waals surface area contributed by atoms with Gasteiger partial charge in [-0.3, -0.25) is 4.57 Å². The van der Waals surface area contributed by atoms with Crippen molar-refractivity contribution in [2.45, 2.75) is 32.9 Å². The predicted octanol–water partition coefficient (Wildman–Crippen LogP) is 4.55. The Hall–Kier alpha value is -1.61. The molecule has 1 rings (SSSR count). The Morgan fingerprint density at radius 1 is 1.23 bits per heavy atom. The van der Waals surface area contributed by atoms with Gasteiger partial charge in [0.25, 0.3) is 0 Å². The van der Waals surface area contributed by atoms with Gasteiger partial charge in [-0.2, -0.15) is 18.4 Å². The van der Waals surface area contributed by atoms with Gasteiger partial charge in [-0.05, 0) is 23.8 Å². The van der Waals surface area contributed by atoms with E-state index in [1.54, 1.807) is 0 Å². The number of hydrogen-bond acceptors (Lipinski definition) is 2. The van der Waals surface area contributed by atoms with Gasteiger partial charge in [-0.15, -0.1) is 0 Å². The van der Waals surface area contributed by atoms with Crippen LogP contribution in [0.2, 0.25) is 0 Å². The van der Waals surface area contributed by atoms with E-state index in [4.69, 9.17) is 15.0 Å². The van der Waals surface area contributed by atoms with E-state index < -0.39 is 24.6 Å². The maximum Gasteiger partial charge on any atom is 0.416 e. The van der Waals surface area contributed by atoms with Crippen LogP contribution in [-0.2, 0) is 10.7 Å². The van der Waals surface area contributed by atoms with E-state index in [-0.39, 0.29) is 5.56 Å². The number of alkyl halides is 3. The molecule has 122 valence electrons. The third-order valence-corrected chi connectivity index (χ3v) is 3.33. The summed E-state index contributed by atoms with van der Waals surface area (Å²) >= 11 is 0. The summed E-state index contributed by atoms with van der Waals surface area (Å²) in [6.07, 6.45) is -0.996. The lowest BCUT2D eigenvalue weighted by Crippen LogP contribution is -2.04. The minimum absolute atomic E-state index is 0.0999. The van der Waals surface area contributed by atoms with E-state index >= 15 is 0 Å².